The van der Waals surface area contributed by atoms with Crippen LogP contribution in [0.4, 0.5) is 16.2 Å². The van der Waals surface area contributed by atoms with Crippen molar-refractivity contribution in [3.8, 4) is 0 Å². The molecule has 1 aromatic carbocycles. The van der Waals surface area contributed by atoms with Crippen LogP contribution in [0.2, 0.25) is 0 Å². The molecule has 3 N–H and O–H groups in total. The van der Waals surface area contributed by atoms with Crippen molar-refractivity contribution < 1.29 is 9.00 Å². The van der Waals surface area contributed by atoms with Gasteiger partial charge >= 0.3 is 6.03 Å². The van der Waals surface area contributed by atoms with Crippen molar-refractivity contribution in [2.75, 3.05) is 10.0 Å². The minimum Gasteiger partial charge on any atom is -0.334 e. The van der Waals surface area contributed by atoms with Crippen LogP contribution < -0.4 is 15.4 Å². The summed E-state index contributed by atoms with van der Waals surface area (Å²) in [6, 6.07) is 13.8. The van der Waals surface area contributed by atoms with Crippen molar-refractivity contribution >= 4 is 28.4 Å². The number of aromatic nitrogens is 2. The zero-order valence-electron chi connectivity index (χ0n) is 13.8. The molecule has 3 rings (SSSR count). The number of carbonyl (C=O) groups excluding carboxylic acids is 1. The van der Waals surface area contributed by atoms with Crippen LogP contribution in [0.15, 0.2) is 78.2 Å². The summed E-state index contributed by atoms with van der Waals surface area (Å²) in [6.45, 7) is 0.392. The minimum atomic E-state index is -1.39. The standard InChI is InChI=1S/C18H17N5O2S/c24-18(21-12-14-3-1-9-19-11-14)22-15-5-7-16(8-6-15)23-26(25)17-4-2-10-20-13-17/h1-11,13,23H,12H2,(H2,21,22,24). The highest BCUT2D eigenvalue weighted by Crippen LogP contribution is 2.16. The van der Waals surface area contributed by atoms with Gasteiger partial charge in [0, 0.05) is 42.7 Å². The maximum atomic E-state index is 12.2. The van der Waals surface area contributed by atoms with E-state index in [0.717, 1.165) is 5.56 Å². The number of nitrogens with zero attached hydrogens (tertiary/aromatic N) is 2. The highest BCUT2D eigenvalue weighted by atomic mass is 32.2. The molecule has 0 bridgehead atoms. The maximum absolute atomic E-state index is 12.2. The second-order valence-electron chi connectivity index (χ2n) is 5.31. The highest BCUT2D eigenvalue weighted by Gasteiger charge is 2.05. The maximum Gasteiger partial charge on any atom is 0.319 e. The topological polar surface area (TPSA) is 96.0 Å². The third-order valence-corrected chi connectivity index (χ3v) is 4.47. The monoisotopic (exact) mass is 367 g/mol. The smallest absolute Gasteiger partial charge is 0.319 e. The number of amides is 2. The summed E-state index contributed by atoms with van der Waals surface area (Å²) in [4.78, 5) is 20.4. The number of hydrogen-bond donors (Lipinski definition) is 3. The van der Waals surface area contributed by atoms with Crippen LogP contribution in [-0.4, -0.2) is 20.2 Å². The number of nitrogens with one attached hydrogen (secondary N) is 3. The van der Waals surface area contributed by atoms with E-state index in [-0.39, 0.29) is 6.03 Å². The summed E-state index contributed by atoms with van der Waals surface area (Å²) in [5, 5.41) is 5.49. The van der Waals surface area contributed by atoms with Crippen LogP contribution in [0, 0.1) is 0 Å². The molecule has 1 unspecified atom stereocenters. The lowest BCUT2D eigenvalue weighted by Gasteiger charge is -2.09. The zero-order chi connectivity index (χ0) is 18.2. The Morgan fingerprint density at radius 1 is 0.923 bits per heavy atom. The first-order valence-electron chi connectivity index (χ1n) is 7.83. The van der Waals surface area contributed by atoms with E-state index in [0.29, 0.717) is 22.8 Å². The largest absolute Gasteiger partial charge is 0.334 e. The average molecular weight is 367 g/mol. The molecular weight excluding hydrogens is 350 g/mol. The summed E-state index contributed by atoms with van der Waals surface area (Å²) in [6.07, 6.45) is 6.55. The Labute approximate surface area is 153 Å². The van der Waals surface area contributed by atoms with Crippen molar-refractivity contribution in [1.29, 1.82) is 0 Å². The van der Waals surface area contributed by atoms with Crippen LogP contribution in [-0.2, 0) is 17.5 Å². The second kappa shape index (κ2) is 8.72. The van der Waals surface area contributed by atoms with Crippen molar-refractivity contribution in [3.05, 3.63) is 78.9 Å². The van der Waals surface area contributed by atoms with Gasteiger partial charge in [-0.25, -0.2) is 9.00 Å². The minimum absolute atomic E-state index is 0.312. The van der Waals surface area contributed by atoms with Crippen LogP contribution >= 0.6 is 0 Å². The van der Waals surface area contributed by atoms with E-state index in [2.05, 4.69) is 25.3 Å². The molecule has 0 spiro atoms. The van der Waals surface area contributed by atoms with Crippen molar-refractivity contribution in [2.45, 2.75) is 11.4 Å². The van der Waals surface area contributed by atoms with Gasteiger partial charge in [-0.3, -0.25) is 9.97 Å². The van der Waals surface area contributed by atoms with Crippen LogP contribution in [0.3, 0.4) is 0 Å². The molecule has 26 heavy (non-hydrogen) atoms. The van der Waals surface area contributed by atoms with Crippen molar-refractivity contribution in [3.63, 3.8) is 0 Å². The molecule has 2 heterocycles. The Morgan fingerprint density at radius 3 is 2.27 bits per heavy atom. The van der Waals surface area contributed by atoms with E-state index >= 15 is 0 Å². The van der Waals surface area contributed by atoms with Gasteiger partial charge in [0.15, 0.2) is 11.0 Å². The molecule has 132 valence electrons. The Kier molecular flexibility index (Phi) is 5.89. The zero-order valence-corrected chi connectivity index (χ0v) is 14.6. The molecule has 0 saturated carbocycles. The fourth-order valence-corrected chi connectivity index (χ4v) is 2.93. The summed E-state index contributed by atoms with van der Waals surface area (Å²) in [7, 11) is -1.39. The number of benzene rings is 1. The van der Waals surface area contributed by atoms with E-state index in [4.69, 9.17) is 0 Å². The lowest BCUT2D eigenvalue weighted by Crippen LogP contribution is -2.28. The molecule has 0 aliphatic carbocycles. The van der Waals surface area contributed by atoms with Gasteiger partial charge in [0.05, 0.1) is 4.90 Å². The van der Waals surface area contributed by atoms with Gasteiger partial charge in [-0.2, -0.15) is 0 Å². The van der Waals surface area contributed by atoms with Crippen LogP contribution in [0.25, 0.3) is 0 Å². The van der Waals surface area contributed by atoms with Gasteiger partial charge in [0.25, 0.3) is 0 Å². The number of pyridine rings is 2. The predicted octanol–water partition coefficient (Wildman–Crippen LogP) is 2.93. The summed E-state index contributed by atoms with van der Waals surface area (Å²) >= 11 is 0. The van der Waals surface area contributed by atoms with Gasteiger partial charge in [0.1, 0.15) is 0 Å². The molecule has 2 aromatic heterocycles. The summed E-state index contributed by atoms with van der Waals surface area (Å²) in [5.41, 5.74) is 2.22. The van der Waals surface area contributed by atoms with E-state index in [1.54, 1.807) is 61.2 Å². The van der Waals surface area contributed by atoms with Gasteiger partial charge in [0.2, 0.25) is 0 Å². The molecule has 1 atom stereocenters. The fraction of sp³-hybridized carbons (Fsp3) is 0.0556. The third kappa shape index (κ3) is 5.12. The molecule has 3 aromatic rings. The quantitative estimate of drug-likeness (QED) is 0.624. The summed E-state index contributed by atoms with van der Waals surface area (Å²) < 4.78 is 15.1. The van der Waals surface area contributed by atoms with E-state index in [1.165, 1.54) is 0 Å². The molecule has 0 radical (unpaired) electrons. The number of carbonyl (C=O) groups is 1. The Bertz CT molecular complexity index is 873. The van der Waals surface area contributed by atoms with Crippen LogP contribution in [0.5, 0.6) is 0 Å². The van der Waals surface area contributed by atoms with Gasteiger partial charge in [-0.1, -0.05) is 6.07 Å². The molecule has 7 nitrogen and oxygen atoms in total. The molecular formula is C18H17N5O2S. The Morgan fingerprint density at radius 2 is 1.62 bits per heavy atom. The molecule has 8 heteroatoms. The van der Waals surface area contributed by atoms with E-state index in [1.807, 2.05) is 12.1 Å². The lowest BCUT2D eigenvalue weighted by atomic mass is 10.3. The normalized spacial score (nSPS) is 11.4. The number of hydrogen-bond acceptors (Lipinski definition) is 4. The number of rotatable bonds is 6. The van der Waals surface area contributed by atoms with Crippen molar-refractivity contribution in [2.24, 2.45) is 0 Å². The SMILES string of the molecule is O=C(NCc1cccnc1)Nc1ccc(NS(=O)c2cccnc2)cc1. The predicted molar refractivity (Wildman–Crippen MR) is 101 cm³/mol. The van der Waals surface area contributed by atoms with Gasteiger partial charge < -0.3 is 15.4 Å². The molecule has 0 aliphatic rings. The first-order valence-corrected chi connectivity index (χ1v) is 8.98. The fourth-order valence-electron chi connectivity index (χ4n) is 2.10. The molecule has 0 saturated heterocycles. The first kappa shape index (κ1) is 17.6. The number of urea groups is 1. The Hall–Kier alpha value is -3.26. The molecule has 2 amide bonds. The molecule has 0 aliphatic heterocycles. The van der Waals surface area contributed by atoms with Crippen molar-refractivity contribution in [1.82, 2.24) is 15.3 Å². The lowest BCUT2D eigenvalue weighted by molar-refractivity contribution is 0.251. The first-order chi connectivity index (χ1) is 12.7. The van der Waals surface area contributed by atoms with Crippen LogP contribution in [0.1, 0.15) is 5.56 Å². The summed E-state index contributed by atoms with van der Waals surface area (Å²) in [5.74, 6) is 0. The molecule has 0 fully saturated rings. The van der Waals surface area contributed by atoms with E-state index in [9.17, 15) is 9.00 Å². The van der Waals surface area contributed by atoms with Gasteiger partial charge in [-0.05, 0) is 48.0 Å². The van der Waals surface area contributed by atoms with E-state index < -0.39 is 11.0 Å². The number of anilines is 2. The average Bonchev–Trinajstić information content (AvgIpc) is 2.69. The Balaban J connectivity index is 1.51. The third-order valence-electron chi connectivity index (χ3n) is 3.38. The van der Waals surface area contributed by atoms with Gasteiger partial charge in [-0.15, -0.1) is 0 Å². The highest BCUT2D eigenvalue weighted by molar-refractivity contribution is 7.86. The second-order valence-corrected chi connectivity index (χ2v) is 6.52.